The van der Waals surface area contributed by atoms with Crippen molar-refractivity contribution in [3.05, 3.63) is 65.2 Å². The largest absolute Gasteiger partial charge is 0.418 e. The fraction of sp³-hybridized carbons (Fsp3) is 0.222. The van der Waals surface area contributed by atoms with E-state index in [1.807, 2.05) is 6.92 Å². The predicted molar refractivity (Wildman–Crippen MR) is 88.2 cm³/mol. The van der Waals surface area contributed by atoms with E-state index in [1.54, 1.807) is 24.3 Å². The van der Waals surface area contributed by atoms with Gasteiger partial charge in [0.2, 0.25) is 5.91 Å². The lowest BCUT2D eigenvalue weighted by molar-refractivity contribution is -0.137. The summed E-state index contributed by atoms with van der Waals surface area (Å²) >= 11 is 0. The molecule has 7 heteroatoms. The van der Waals surface area contributed by atoms with Gasteiger partial charge in [0.05, 0.1) is 17.8 Å². The summed E-state index contributed by atoms with van der Waals surface area (Å²) in [6.07, 6.45) is -4.58. The lowest BCUT2D eigenvalue weighted by atomic mass is 10.1. The lowest BCUT2D eigenvalue weighted by Crippen LogP contribution is -2.35. The highest BCUT2D eigenvalue weighted by Gasteiger charge is 2.33. The number of aryl methyl sites for hydroxylation is 1. The summed E-state index contributed by atoms with van der Waals surface area (Å²) in [6.45, 7) is 1.52. The Morgan fingerprint density at radius 1 is 1.04 bits per heavy atom. The van der Waals surface area contributed by atoms with Crippen LogP contribution in [0, 0.1) is 6.92 Å². The van der Waals surface area contributed by atoms with Crippen LogP contribution in [-0.2, 0) is 11.0 Å². The average molecular weight is 350 g/mol. The molecule has 0 atom stereocenters. The van der Waals surface area contributed by atoms with Gasteiger partial charge in [0.25, 0.3) is 5.91 Å². The molecular weight excluding hydrogens is 333 g/mol. The van der Waals surface area contributed by atoms with E-state index < -0.39 is 17.6 Å². The molecule has 132 valence electrons. The van der Waals surface area contributed by atoms with Crippen molar-refractivity contribution < 1.29 is 22.8 Å². The zero-order valence-electron chi connectivity index (χ0n) is 13.7. The van der Waals surface area contributed by atoms with E-state index >= 15 is 0 Å². The normalized spacial score (nSPS) is 11.1. The Morgan fingerprint density at radius 3 is 2.24 bits per heavy atom. The quantitative estimate of drug-likeness (QED) is 0.914. The van der Waals surface area contributed by atoms with Crippen molar-refractivity contribution in [3.63, 3.8) is 0 Å². The van der Waals surface area contributed by atoms with Crippen LogP contribution in [0.3, 0.4) is 0 Å². The zero-order valence-corrected chi connectivity index (χ0v) is 13.7. The minimum Gasteiger partial charge on any atom is -0.332 e. The second-order valence-corrected chi connectivity index (χ2v) is 5.62. The van der Waals surface area contributed by atoms with Gasteiger partial charge in [-0.3, -0.25) is 9.59 Å². The van der Waals surface area contributed by atoms with Crippen LogP contribution < -0.4 is 5.32 Å². The Kier molecular flexibility index (Phi) is 5.46. The van der Waals surface area contributed by atoms with Crippen molar-refractivity contribution in [2.45, 2.75) is 13.1 Å². The molecule has 2 aromatic rings. The second-order valence-electron chi connectivity index (χ2n) is 5.62. The number of rotatable bonds is 4. The first kappa shape index (κ1) is 18.5. The molecule has 2 rings (SSSR count). The number of hydrogen-bond acceptors (Lipinski definition) is 2. The summed E-state index contributed by atoms with van der Waals surface area (Å²) < 4.78 is 38.8. The van der Waals surface area contributed by atoms with E-state index in [0.29, 0.717) is 5.56 Å². The number of para-hydroxylation sites is 1. The van der Waals surface area contributed by atoms with Crippen LogP contribution in [0.25, 0.3) is 0 Å². The van der Waals surface area contributed by atoms with Gasteiger partial charge >= 0.3 is 6.18 Å². The van der Waals surface area contributed by atoms with Gasteiger partial charge in [-0.1, -0.05) is 29.8 Å². The number of carbonyl (C=O) groups is 2. The highest BCUT2D eigenvalue weighted by molar-refractivity contribution is 5.99. The third-order valence-corrected chi connectivity index (χ3v) is 3.53. The number of amides is 2. The number of nitrogens with zero attached hydrogens (tertiary/aromatic N) is 1. The standard InChI is InChI=1S/C18H17F3N2O2/c1-12-7-9-13(10-8-12)17(25)23(2)11-16(24)22-15-6-4-3-5-14(15)18(19,20)21/h3-10H,11H2,1-2H3,(H,22,24). The highest BCUT2D eigenvalue weighted by atomic mass is 19.4. The summed E-state index contributed by atoms with van der Waals surface area (Å²) in [5.41, 5.74) is 0.115. The van der Waals surface area contributed by atoms with E-state index in [0.717, 1.165) is 16.5 Å². The topological polar surface area (TPSA) is 49.4 Å². The molecule has 2 amide bonds. The summed E-state index contributed by atoms with van der Waals surface area (Å²) in [7, 11) is 1.41. The number of halogens is 3. The molecule has 0 radical (unpaired) electrons. The minimum atomic E-state index is -4.58. The first-order valence-electron chi connectivity index (χ1n) is 7.46. The van der Waals surface area contributed by atoms with E-state index in [2.05, 4.69) is 5.32 Å². The molecule has 0 aliphatic heterocycles. The van der Waals surface area contributed by atoms with Crippen molar-refractivity contribution in [3.8, 4) is 0 Å². The number of benzene rings is 2. The Balaban J connectivity index is 2.05. The number of alkyl halides is 3. The lowest BCUT2D eigenvalue weighted by Gasteiger charge is -2.18. The van der Waals surface area contributed by atoms with Crippen molar-refractivity contribution in [1.29, 1.82) is 0 Å². The van der Waals surface area contributed by atoms with E-state index in [9.17, 15) is 22.8 Å². The molecule has 0 bridgehead atoms. The molecule has 0 fully saturated rings. The van der Waals surface area contributed by atoms with Crippen LogP contribution >= 0.6 is 0 Å². The smallest absolute Gasteiger partial charge is 0.332 e. The molecule has 0 unspecified atom stereocenters. The minimum absolute atomic E-state index is 0.337. The molecular formula is C18H17F3N2O2. The molecule has 0 saturated heterocycles. The molecule has 0 aliphatic rings. The summed E-state index contributed by atoms with van der Waals surface area (Å²) in [5, 5.41) is 2.21. The van der Waals surface area contributed by atoms with Crippen molar-refractivity contribution in [1.82, 2.24) is 4.90 Å². The van der Waals surface area contributed by atoms with E-state index in [1.165, 1.54) is 25.2 Å². The number of hydrogen-bond donors (Lipinski definition) is 1. The van der Waals surface area contributed by atoms with E-state index in [4.69, 9.17) is 0 Å². The molecule has 2 aromatic carbocycles. The first-order valence-corrected chi connectivity index (χ1v) is 7.46. The zero-order chi connectivity index (χ0) is 18.6. The highest BCUT2D eigenvalue weighted by Crippen LogP contribution is 2.34. The maximum atomic E-state index is 12.9. The Bertz CT molecular complexity index is 771. The maximum absolute atomic E-state index is 12.9. The van der Waals surface area contributed by atoms with Gasteiger partial charge in [-0.05, 0) is 31.2 Å². The number of anilines is 1. The summed E-state index contributed by atoms with van der Waals surface area (Å²) in [4.78, 5) is 25.4. The SMILES string of the molecule is Cc1ccc(C(=O)N(C)CC(=O)Nc2ccccc2C(F)(F)F)cc1. The Morgan fingerprint density at radius 2 is 1.64 bits per heavy atom. The van der Waals surface area contributed by atoms with Gasteiger partial charge in [-0.15, -0.1) is 0 Å². The third-order valence-electron chi connectivity index (χ3n) is 3.53. The summed E-state index contributed by atoms with van der Waals surface area (Å²) in [6, 6.07) is 11.5. The van der Waals surface area contributed by atoms with E-state index in [-0.39, 0.29) is 18.1 Å². The molecule has 1 N–H and O–H groups in total. The molecule has 4 nitrogen and oxygen atoms in total. The maximum Gasteiger partial charge on any atom is 0.418 e. The van der Waals surface area contributed by atoms with Crippen molar-refractivity contribution in [2.24, 2.45) is 0 Å². The van der Waals surface area contributed by atoms with Crippen LogP contribution in [-0.4, -0.2) is 30.3 Å². The van der Waals surface area contributed by atoms with Gasteiger partial charge in [0, 0.05) is 12.6 Å². The molecule has 25 heavy (non-hydrogen) atoms. The second kappa shape index (κ2) is 7.38. The Labute approximate surface area is 143 Å². The summed E-state index contributed by atoms with van der Waals surface area (Å²) in [5.74, 6) is -1.10. The first-order chi connectivity index (χ1) is 11.7. The molecule has 0 aliphatic carbocycles. The average Bonchev–Trinajstić information content (AvgIpc) is 2.54. The van der Waals surface area contributed by atoms with Crippen molar-refractivity contribution >= 4 is 17.5 Å². The van der Waals surface area contributed by atoms with Crippen LogP contribution in [0.1, 0.15) is 21.5 Å². The Hall–Kier alpha value is -2.83. The number of likely N-dealkylation sites (N-methyl/N-ethyl adjacent to an activating group) is 1. The van der Waals surface area contributed by atoms with Crippen molar-refractivity contribution in [2.75, 3.05) is 18.9 Å². The molecule has 0 aromatic heterocycles. The fourth-order valence-electron chi connectivity index (χ4n) is 2.23. The predicted octanol–water partition coefficient (Wildman–Crippen LogP) is 3.72. The number of nitrogens with one attached hydrogen (secondary N) is 1. The van der Waals surface area contributed by atoms with Crippen LogP contribution in [0.5, 0.6) is 0 Å². The molecule has 0 heterocycles. The van der Waals surface area contributed by atoms with Gasteiger partial charge in [-0.2, -0.15) is 13.2 Å². The van der Waals surface area contributed by atoms with Crippen LogP contribution in [0.2, 0.25) is 0 Å². The number of carbonyl (C=O) groups excluding carboxylic acids is 2. The third kappa shape index (κ3) is 4.82. The van der Waals surface area contributed by atoms with Crippen LogP contribution in [0.15, 0.2) is 48.5 Å². The van der Waals surface area contributed by atoms with Gasteiger partial charge in [-0.25, -0.2) is 0 Å². The van der Waals surface area contributed by atoms with Gasteiger partial charge < -0.3 is 10.2 Å². The fourth-order valence-corrected chi connectivity index (χ4v) is 2.23. The molecule has 0 saturated carbocycles. The van der Waals surface area contributed by atoms with Gasteiger partial charge in [0.15, 0.2) is 0 Å². The van der Waals surface area contributed by atoms with Gasteiger partial charge in [0.1, 0.15) is 0 Å². The van der Waals surface area contributed by atoms with Crippen LogP contribution in [0.4, 0.5) is 18.9 Å². The monoisotopic (exact) mass is 350 g/mol. The molecule has 0 spiro atoms.